The van der Waals surface area contributed by atoms with Crippen LogP contribution in [0, 0.1) is 0 Å². The molecule has 0 aliphatic carbocycles. The fraction of sp³-hybridized carbons (Fsp3) is 0.231. The topological polar surface area (TPSA) is 84.0 Å². The second-order valence-electron chi connectivity index (χ2n) is 8.51. The number of carbonyl (C=O) groups is 2. The van der Waals surface area contributed by atoms with Crippen LogP contribution >= 0.6 is 0 Å². The van der Waals surface area contributed by atoms with Gasteiger partial charge in [0.25, 0.3) is 15.9 Å². The molecule has 2 heterocycles. The molecule has 0 radical (unpaired) electrons. The minimum atomic E-state index is -3.84. The van der Waals surface area contributed by atoms with Crippen LogP contribution in [0.2, 0.25) is 0 Å². The molecular formula is C26H24N2O5S. The Morgan fingerprint density at radius 3 is 2.44 bits per heavy atom. The molecule has 5 rings (SSSR count). The number of anilines is 2. The van der Waals surface area contributed by atoms with Crippen LogP contribution in [0.25, 0.3) is 0 Å². The van der Waals surface area contributed by atoms with E-state index in [9.17, 15) is 18.0 Å². The predicted octanol–water partition coefficient (Wildman–Crippen LogP) is 3.57. The number of rotatable bonds is 5. The maximum absolute atomic E-state index is 13.3. The van der Waals surface area contributed by atoms with Gasteiger partial charge in [0.1, 0.15) is 0 Å². The van der Waals surface area contributed by atoms with Crippen molar-refractivity contribution in [3.63, 3.8) is 0 Å². The second kappa shape index (κ2) is 8.61. The Labute approximate surface area is 198 Å². The Morgan fingerprint density at radius 1 is 0.941 bits per heavy atom. The maximum atomic E-state index is 13.3. The third-order valence-corrected chi connectivity index (χ3v) is 8.11. The molecule has 0 saturated heterocycles. The highest BCUT2D eigenvalue weighted by atomic mass is 32.2. The summed E-state index contributed by atoms with van der Waals surface area (Å²) in [5.41, 5.74) is 3.61. The van der Waals surface area contributed by atoms with Gasteiger partial charge in [-0.1, -0.05) is 42.5 Å². The monoisotopic (exact) mass is 476 g/mol. The molecule has 8 heteroatoms. The van der Waals surface area contributed by atoms with Crippen LogP contribution in [0.3, 0.4) is 0 Å². The summed E-state index contributed by atoms with van der Waals surface area (Å²) in [7, 11) is -3.84. The minimum absolute atomic E-state index is 0.00655. The third kappa shape index (κ3) is 3.84. The van der Waals surface area contributed by atoms with E-state index in [1.807, 2.05) is 43.3 Å². The quantitative estimate of drug-likeness (QED) is 0.526. The van der Waals surface area contributed by atoms with Gasteiger partial charge >= 0.3 is 5.97 Å². The average molecular weight is 477 g/mol. The number of benzene rings is 3. The zero-order valence-corrected chi connectivity index (χ0v) is 19.5. The molecule has 0 aromatic heterocycles. The molecule has 3 aromatic carbocycles. The molecule has 174 valence electrons. The molecular weight excluding hydrogens is 452 g/mol. The van der Waals surface area contributed by atoms with Crippen LogP contribution in [-0.4, -0.2) is 39.5 Å². The van der Waals surface area contributed by atoms with E-state index in [1.165, 1.54) is 28.6 Å². The summed E-state index contributed by atoms with van der Waals surface area (Å²) in [5, 5.41) is 0. The number of para-hydroxylation sites is 2. The Bertz CT molecular complexity index is 1390. The summed E-state index contributed by atoms with van der Waals surface area (Å²) in [6, 6.07) is 20.8. The molecule has 2 aliphatic rings. The smallest absolute Gasteiger partial charge is 0.338 e. The van der Waals surface area contributed by atoms with E-state index in [2.05, 4.69) is 0 Å². The predicted molar refractivity (Wildman–Crippen MR) is 128 cm³/mol. The van der Waals surface area contributed by atoms with E-state index in [-0.39, 0.29) is 22.4 Å². The fourth-order valence-electron chi connectivity index (χ4n) is 4.69. The number of nitrogens with zero attached hydrogens (tertiary/aromatic N) is 2. The third-order valence-electron chi connectivity index (χ3n) is 6.30. The number of amides is 1. The van der Waals surface area contributed by atoms with Crippen molar-refractivity contribution in [2.45, 2.75) is 30.7 Å². The Hall–Kier alpha value is -3.65. The zero-order valence-electron chi connectivity index (χ0n) is 18.7. The van der Waals surface area contributed by atoms with E-state index in [0.29, 0.717) is 18.7 Å². The van der Waals surface area contributed by atoms with Gasteiger partial charge in [0, 0.05) is 18.3 Å². The number of carbonyl (C=O) groups excluding carboxylic acids is 2. The normalized spacial score (nSPS) is 16.8. The van der Waals surface area contributed by atoms with Crippen LogP contribution in [0.15, 0.2) is 77.7 Å². The van der Waals surface area contributed by atoms with Crippen molar-refractivity contribution in [1.82, 2.24) is 0 Å². The van der Waals surface area contributed by atoms with E-state index >= 15 is 0 Å². The number of ether oxygens (including phenoxy) is 1. The lowest BCUT2D eigenvalue weighted by Gasteiger charge is -2.22. The number of esters is 1. The summed E-state index contributed by atoms with van der Waals surface area (Å²) < 4.78 is 33.2. The largest absolute Gasteiger partial charge is 0.452 e. The van der Waals surface area contributed by atoms with Gasteiger partial charge in [-0.05, 0) is 61.2 Å². The van der Waals surface area contributed by atoms with E-state index in [0.717, 1.165) is 23.2 Å². The Balaban J connectivity index is 1.30. The van der Waals surface area contributed by atoms with Crippen molar-refractivity contribution in [2.24, 2.45) is 0 Å². The first-order valence-electron chi connectivity index (χ1n) is 11.1. The van der Waals surface area contributed by atoms with E-state index in [4.69, 9.17) is 4.74 Å². The first-order valence-corrected chi connectivity index (χ1v) is 12.6. The van der Waals surface area contributed by atoms with Crippen molar-refractivity contribution in [3.8, 4) is 0 Å². The van der Waals surface area contributed by atoms with Crippen molar-refractivity contribution < 1.29 is 22.7 Å². The average Bonchev–Trinajstić information content (AvgIpc) is 3.43. The van der Waals surface area contributed by atoms with Crippen LogP contribution in [0.1, 0.15) is 28.4 Å². The fourth-order valence-corrected chi connectivity index (χ4v) is 6.24. The molecule has 1 atom stereocenters. The van der Waals surface area contributed by atoms with Gasteiger partial charge in [0.05, 0.1) is 16.1 Å². The molecule has 2 aliphatic heterocycles. The van der Waals surface area contributed by atoms with Gasteiger partial charge in [0.2, 0.25) is 0 Å². The zero-order chi connectivity index (χ0) is 23.9. The Kier molecular flexibility index (Phi) is 5.61. The summed E-state index contributed by atoms with van der Waals surface area (Å²) in [6.45, 7) is 1.87. The molecule has 0 unspecified atom stereocenters. The highest BCUT2D eigenvalue weighted by molar-refractivity contribution is 7.92. The molecule has 3 aromatic rings. The summed E-state index contributed by atoms with van der Waals surface area (Å²) in [5.74, 6) is -1.06. The maximum Gasteiger partial charge on any atom is 0.338 e. The van der Waals surface area contributed by atoms with Gasteiger partial charge in [-0.3, -0.25) is 9.10 Å². The molecule has 0 fully saturated rings. The van der Waals surface area contributed by atoms with Crippen molar-refractivity contribution in [2.75, 3.05) is 22.4 Å². The Morgan fingerprint density at radius 2 is 1.65 bits per heavy atom. The van der Waals surface area contributed by atoms with Crippen LogP contribution in [0.4, 0.5) is 11.4 Å². The summed E-state index contributed by atoms with van der Waals surface area (Å²) in [6.07, 6.45) is 1.38. The van der Waals surface area contributed by atoms with Crippen molar-refractivity contribution in [3.05, 3.63) is 89.5 Å². The summed E-state index contributed by atoms with van der Waals surface area (Å²) >= 11 is 0. The highest BCUT2D eigenvalue weighted by Crippen LogP contribution is 2.33. The number of hydrogen-bond donors (Lipinski definition) is 0. The van der Waals surface area contributed by atoms with Crippen molar-refractivity contribution >= 4 is 33.3 Å². The van der Waals surface area contributed by atoms with Crippen LogP contribution in [0.5, 0.6) is 0 Å². The molecule has 7 nitrogen and oxygen atoms in total. The van der Waals surface area contributed by atoms with Crippen molar-refractivity contribution in [1.29, 1.82) is 0 Å². The number of fused-ring (bicyclic) bond motifs is 2. The number of hydrogen-bond acceptors (Lipinski definition) is 5. The first kappa shape index (κ1) is 22.2. The molecule has 0 bridgehead atoms. The van der Waals surface area contributed by atoms with Crippen LogP contribution < -0.4 is 9.21 Å². The summed E-state index contributed by atoms with van der Waals surface area (Å²) in [4.78, 5) is 27.2. The minimum Gasteiger partial charge on any atom is -0.452 e. The highest BCUT2D eigenvalue weighted by Gasteiger charge is 2.32. The lowest BCUT2D eigenvalue weighted by atomic mass is 10.1. The van der Waals surface area contributed by atoms with Gasteiger partial charge < -0.3 is 9.64 Å². The van der Waals surface area contributed by atoms with Gasteiger partial charge in [-0.25, -0.2) is 13.2 Å². The molecule has 0 saturated carbocycles. The standard InChI is InChI=1S/C26H24N2O5S/c1-18-15-20-8-3-5-12-24(20)28(18)25(29)17-33-26(30)21-9-6-10-22(16-21)34(31,32)27-14-13-19-7-2-4-11-23(19)27/h2-12,16,18H,13-15,17H2,1H3/t18-/m0/s1. The lowest BCUT2D eigenvalue weighted by Crippen LogP contribution is -2.38. The van der Waals surface area contributed by atoms with Gasteiger partial charge in [-0.2, -0.15) is 0 Å². The SMILES string of the molecule is C[C@H]1Cc2ccccc2N1C(=O)COC(=O)c1cccc(S(=O)(=O)N2CCc3ccccc32)c1. The first-order chi connectivity index (χ1) is 16.4. The lowest BCUT2D eigenvalue weighted by molar-refractivity contribution is -0.122. The molecule has 0 spiro atoms. The van der Waals surface area contributed by atoms with Gasteiger partial charge in [-0.15, -0.1) is 0 Å². The molecule has 1 amide bonds. The molecule has 34 heavy (non-hydrogen) atoms. The van der Waals surface area contributed by atoms with E-state index < -0.39 is 22.6 Å². The van der Waals surface area contributed by atoms with Crippen LogP contribution in [-0.2, 0) is 32.4 Å². The number of sulfonamides is 1. The molecule has 0 N–H and O–H groups in total. The van der Waals surface area contributed by atoms with E-state index in [1.54, 1.807) is 17.0 Å². The van der Waals surface area contributed by atoms with Gasteiger partial charge in [0.15, 0.2) is 6.61 Å². The second-order valence-corrected chi connectivity index (χ2v) is 10.4.